The molecule has 6 heteroatoms. The van der Waals surface area contributed by atoms with Crippen molar-refractivity contribution >= 4 is 26.7 Å². The Hall–Kier alpha value is -2.86. The highest BCUT2D eigenvalue weighted by atomic mass is 79.9. The maximum atomic E-state index is 14.5. The van der Waals surface area contributed by atoms with E-state index in [1.165, 1.54) is 10.7 Å². The second kappa shape index (κ2) is 6.84. The summed E-state index contributed by atoms with van der Waals surface area (Å²) in [6.07, 6.45) is 1.45. The van der Waals surface area contributed by atoms with E-state index in [2.05, 4.69) is 34.9 Å². The van der Waals surface area contributed by atoms with Crippen LogP contribution in [0.2, 0.25) is 0 Å². The molecule has 4 aromatic rings. The fraction of sp³-hybridized carbons (Fsp3) is 0.208. The third kappa shape index (κ3) is 3.16. The van der Waals surface area contributed by atoms with Crippen LogP contribution in [0.5, 0.6) is 0 Å². The van der Waals surface area contributed by atoms with Crippen molar-refractivity contribution in [1.82, 2.24) is 14.8 Å². The smallest absolute Gasteiger partial charge is 0.267 e. The number of aromatic nitrogens is 3. The van der Waals surface area contributed by atoms with Gasteiger partial charge in [0.25, 0.3) is 5.56 Å². The molecule has 1 aliphatic rings. The van der Waals surface area contributed by atoms with E-state index in [0.717, 1.165) is 38.9 Å². The van der Waals surface area contributed by atoms with Crippen molar-refractivity contribution in [3.8, 4) is 16.9 Å². The van der Waals surface area contributed by atoms with Crippen LogP contribution in [0.1, 0.15) is 25.2 Å². The topological polar surface area (TPSA) is 47.8 Å². The number of hydrogen-bond acceptors (Lipinski definition) is 3. The average Bonchev–Trinajstić information content (AvgIpc) is 2.70. The van der Waals surface area contributed by atoms with Gasteiger partial charge in [-0.25, -0.2) is 4.39 Å². The molecule has 1 aliphatic carbocycles. The molecular weight excluding hydrogens is 445 g/mol. The lowest BCUT2D eigenvalue weighted by molar-refractivity contribution is 0.345. The van der Waals surface area contributed by atoms with E-state index in [9.17, 15) is 9.18 Å². The Morgan fingerprint density at radius 1 is 1.03 bits per heavy atom. The van der Waals surface area contributed by atoms with Crippen molar-refractivity contribution in [1.29, 1.82) is 0 Å². The molecule has 2 aromatic heterocycles. The molecule has 0 radical (unpaired) electrons. The van der Waals surface area contributed by atoms with Crippen LogP contribution in [0.4, 0.5) is 4.39 Å². The summed E-state index contributed by atoms with van der Waals surface area (Å²) in [4.78, 5) is 18.3. The van der Waals surface area contributed by atoms with Crippen LogP contribution in [0.25, 0.3) is 27.7 Å². The Morgan fingerprint density at radius 2 is 1.73 bits per heavy atom. The van der Waals surface area contributed by atoms with Crippen molar-refractivity contribution in [2.24, 2.45) is 5.41 Å². The average molecular weight is 464 g/mol. The molecule has 0 aliphatic heterocycles. The number of halogens is 2. The second-order valence-corrected chi connectivity index (χ2v) is 9.43. The predicted molar refractivity (Wildman–Crippen MR) is 119 cm³/mol. The van der Waals surface area contributed by atoms with Gasteiger partial charge in [-0.05, 0) is 48.6 Å². The van der Waals surface area contributed by atoms with Crippen LogP contribution < -0.4 is 5.56 Å². The minimum Gasteiger partial charge on any atom is -0.267 e. The van der Waals surface area contributed by atoms with E-state index in [4.69, 9.17) is 4.98 Å². The lowest BCUT2D eigenvalue weighted by Crippen LogP contribution is -2.31. The van der Waals surface area contributed by atoms with Gasteiger partial charge < -0.3 is 0 Å². The molecule has 2 aromatic carbocycles. The number of nitrogens with zero attached hydrogens (tertiary/aromatic N) is 3. The van der Waals surface area contributed by atoms with Gasteiger partial charge >= 0.3 is 0 Å². The summed E-state index contributed by atoms with van der Waals surface area (Å²) in [5.74, 6) is -0.476. The first-order valence-corrected chi connectivity index (χ1v) is 10.6. The molecule has 5 rings (SSSR count). The second-order valence-electron chi connectivity index (χ2n) is 8.52. The molecule has 0 saturated heterocycles. The van der Waals surface area contributed by atoms with E-state index < -0.39 is 5.82 Å². The minimum absolute atomic E-state index is 0.0598. The molecule has 0 bridgehead atoms. The van der Waals surface area contributed by atoms with Crippen LogP contribution in [-0.4, -0.2) is 14.8 Å². The van der Waals surface area contributed by atoms with Crippen LogP contribution >= 0.6 is 15.9 Å². The highest BCUT2D eigenvalue weighted by molar-refractivity contribution is 9.10. The van der Waals surface area contributed by atoms with Crippen LogP contribution in [0.3, 0.4) is 0 Å². The lowest BCUT2D eigenvalue weighted by atomic mass is 9.77. The molecule has 0 saturated carbocycles. The maximum Gasteiger partial charge on any atom is 0.279 e. The molecule has 0 atom stereocenters. The first-order chi connectivity index (χ1) is 14.3. The summed E-state index contributed by atoms with van der Waals surface area (Å²) >= 11 is 3.46. The largest absolute Gasteiger partial charge is 0.279 e. The fourth-order valence-electron chi connectivity index (χ4n) is 4.19. The normalized spacial score (nSPS) is 14.8. The first-order valence-electron chi connectivity index (χ1n) is 9.79. The Bertz CT molecular complexity index is 1360. The van der Waals surface area contributed by atoms with Gasteiger partial charge in [0.15, 0.2) is 0 Å². The molecule has 30 heavy (non-hydrogen) atoms. The van der Waals surface area contributed by atoms with Gasteiger partial charge in [0.1, 0.15) is 11.5 Å². The summed E-state index contributed by atoms with van der Waals surface area (Å²) in [7, 11) is 0. The zero-order valence-corrected chi connectivity index (χ0v) is 18.2. The van der Waals surface area contributed by atoms with Crippen LogP contribution in [-0.2, 0) is 12.8 Å². The van der Waals surface area contributed by atoms with Crippen LogP contribution in [0, 0.1) is 11.2 Å². The summed E-state index contributed by atoms with van der Waals surface area (Å²) in [5.41, 5.74) is 3.09. The van der Waals surface area contributed by atoms with Crippen molar-refractivity contribution in [3.05, 3.63) is 86.6 Å². The number of hydrogen-bond donors (Lipinski definition) is 0. The molecular formula is C24H19BrFN3O. The minimum atomic E-state index is -0.476. The summed E-state index contributed by atoms with van der Waals surface area (Å²) in [5, 5.41) is 5.93. The van der Waals surface area contributed by atoms with Crippen molar-refractivity contribution in [2.45, 2.75) is 26.7 Å². The number of para-hydroxylation sites is 1. The van der Waals surface area contributed by atoms with Gasteiger partial charge in [0, 0.05) is 15.4 Å². The summed E-state index contributed by atoms with van der Waals surface area (Å²) in [6.45, 7) is 4.33. The van der Waals surface area contributed by atoms with Crippen LogP contribution in [0.15, 0.2) is 63.9 Å². The molecule has 4 nitrogen and oxygen atoms in total. The zero-order valence-electron chi connectivity index (χ0n) is 16.6. The Kier molecular flexibility index (Phi) is 4.36. The number of rotatable bonds is 2. The monoisotopic (exact) mass is 463 g/mol. The van der Waals surface area contributed by atoms with Crippen molar-refractivity contribution in [2.75, 3.05) is 0 Å². The van der Waals surface area contributed by atoms with Gasteiger partial charge in [-0.1, -0.05) is 54.0 Å². The van der Waals surface area contributed by atoms with E-state index in [-0.39, 0.29) is 16.7 Å². The molecule has 2 heterocycles. The zero-order chi connectivity index (χ0) is 21.0. The third-order valence-electron chi connectivity index (χ3n) is 5.54. The fourth-order valence-corrected chi connectivity index (χ4v) is 4.46. The van der Waals surface area contributed by atoms with Crippen molar-refractivity contribution in [3.63, 3.8) is 0 Å². The van der Waals surface area contributed by atoms with E-state index >= 15 is 0 Å². The molecule has 0 fully saturated rings. The number of pyridine rings is 1. The highest BCUT2D eigenvalue weighted by Crippen LogP contribution is 2.37. The van der Waals surface area contributed by atoms with E-state index in [1.54, 1.807) is 18.2 Å². The van der Waals surface area contributed by atoms with E-state index in [1.807, 2.05) is 30.3 Å². The Morgan fingerprint density at radius 3 is 2.47 bits per heavy atom. The quantitative estimate of drug-likeness (QED) is 0.395. The van der Waals surface area contributed by atoms with Gasteiger partial charge in [0.2, 0.25) is 0 Å². The SMILES string of the molecule is CC1(C)Cc2nc(-c3ccc(Br)cc3)cc3c(=O)n(-c4ccccc4F)nc(c23)C1. The standard InChI is InChI=1S/C24H19BrFN3O/c1-24(2)12-19-22-16(11-18(27-19)14-7-9-15(25)10-8-14)23(30)29(28-20(22)13-24)21-6-4-3-5-17(21)26/h3-11H,12-13H2,1-2H3. The summed E-state index contributed by atoms with van der Waals surface area (Å²) in [6, 6.07) is 15.9. The molecule has 0 amide bonds. The predicted octanol–water partition coefficient (Wildman–Crippen LogP) is 5.47. The van der Waals surface area contributed by atoms with Gasteiger partial charge in [0.05, 0.1) is 22.5 Å². The van der Waals surface area contributed by atoms with Gasteiger partial charge in [-0.2, -0.15) is 9.78 Å². The van der Waals surface area contributed by atoms with Gasteiger partial charge in [-0.3, -0.25) is 9.78 Å². The Balaban J connectivity index is 1.85. The lowest BCUT2D eigenvalue weighted by Gasteiger charge is -2.30. The molecule has 0 N–H and O–H groups in total. The molecule has 150 valence electrons. The van der Waals surface area contributed by atoms with Gasteiger partial charge in [-0.15, -0.1) is 0 Å². The summed E-state index contributed by atoms with van der Waals surface area (Å²) < 4.78 is 16.7. The Labute approximate surface area is 181 Å². The maximum absolute atomic E-state index is 14.5. The number of benzene rings is 2. The van der Waals surface area contributed by atoms with Crippen molar-refractivity contribution < 1.29 is 4.39 Å². The highest BCUT2D eigenvalue weighted by Gasteiger charge is 2.31. The molecule has 0 spiro atoms. The third-order valence-corrected chi connectivity index (χ3v) is 6.07. The first kappa shape index (κ1) is 19.1. The molecule has 0 unspecified atom stereocenters. The van der Waals surface area contributed by atoms with E-state index in [0.29, 0.717) is 11.8 Å².